The number of nitrogens with zero attached hydrogens (tertiary/aromatic N) is 2. The number of phenols is 1. The minimum atomic E-state index is -0.409. The topological polar surface area (TPSA) is 93.4 Å². The van der Waals surface area contributed by atoms with Gasteiger partial charge < -0.3 is 15.2 Å². The summed E-state index contributed by atoms with van der Waals surface area (Å²) in [5, 5.41) is 12.9. The van der Waals surface area contributed by atoms with E-state index in [2.05, 4.69) is 10.3 Å². The first-order valence-corrected chi connectivity index (χ1v) is 9.74. The number of methoxy groups -OCH3 is 1. The van der Waals surface area contributed by atoms with E-state index in [1.54, 1.807) is 37.4 Å². The molecule has 7 heteroatoms. The number of ether oxygens (including phenoxy) is 1. The zero-order valence-corrected chi connectivity index (χ0v) is 16.9. The summed E-state index contributed by atoms with van der Waals surface area (Å²) in [6.07, 6.45) is 0. The normalized spacial score (nSPS) is 10.7. The van der Waals surface area contributed by atoms with Crippen LogP contribution in [0.1, 0.15) is 5.56 Å². The van der Waals surface area contributed by atoms with Crippen molar-refractivity contribution in [2.24, 2.45) is 0 Å². The molecular weight excluding hydrogens is 394 g/mol. The molecule has 0 unspecified atom stereocenters. The van der Waals surface area contributed by atoms with Gasteiger partial charge in [0.25, 0.3) is 5.56 Å². The fourth-order valence-corrected chi connectivity index (χ4v) is 3.33. The molecule has 0 atom stereocenters. The highest BCUT2D eigenvalue weighted by Gasteiger charge is 2.16. The van der Waals surface area contributed by atoms with Crippen molar-refractivity contribution < 1.29 is 14.6 Å². The fourth-order valence-electron chi connectivity index (χ4n) is 3.33. The van der Waals surface area contributed by atoms with E-state index in [-0.39, 0.29) is 23.6 Å². The number of fused-ring (bicyclic) bond motifs is 1. The van der Waals surface area contributed by atoms with Gasteiger partial charge >= 0.3 is 0 Å². The SMILES string of the molecule is COc1cccc(-c2nc3ccc(O)cc3c(=O)n2CC(=O)NCc2ccccc2)c1. The Morgan fingerprint density at radius 3 is 2.65 bits per heavy atom. The van der Waals surface area contributed by atoms with E-state index in [1.807, 2.05) is 30.3 Å². The molecule has 0 bridgehead atoms. The number of nitrogens with one attached hydrogen (secondary N) is 1. The highest BCUT2D eigenvalue weighted by atomic mass is 16.5. The van der Waals surface area contributed by atoms with Crippen LogP contribution < -0.4 is 15.6 Å². The predicted octanol–water partition coefficient (Wildman–Crippen LogP) is 3.09. The molecule has 1 amide bonds. The van der Waals surface area contributed by atoms with Crippen molar-refractivity contribution in [2.75, 3.05) is 7.11 Å². The summed E-state index contributed by atoms with van der Waals surface area (Å²) in [6, 6.07) is 21.1. The molecule has 1 aromatic heterocycles. The quantitative estimate of drug-likeness (QED) is 0.505. The molecule has 0 aliphatic carbocycles. The second-order valence-electron chi connectivity index (χ2n) is 7.02. The Hall–Kier alpha value is -4.13. The first kappa shape index (κ1) is 20.2. The summed E-state index contributed by atoms with van der Waals surface area (Å²) in [4.78, 5) is 30.5. The second kappa shape index (κ2) is 8.71. The molecule has 0 aliphatic heterocycles. The minimum Gasteiger partial charge on any atom is -0.508 e. The molecule has 0 saturated carbocycles. The molecule has 2 N–H and O–H groups in total. The molecule has 0 spiro atoms. The Bertz CT molecular complexity index is 1300. The van der Waals surface area contributed by atoms with Gasteiger partial charge in [-0.3, -0.25) is 14.2 Å². The number of hydrogen-bond donors (Lipinski definition) is 2. The Balaban J connectivity index is 1.75. The van der Waals surface area contributed by atoms with E-state index in [1.165, 1.54) is 16.7 Å². The fraction of sp³-hybridized carbons (Fsp3) is 0.125. The Morgan fingerprint density at radius 2 is 1.87 bits per heavy atom. The van der Waals surface area contributed by atoms with E-state index < -0.39 is 5.56 Å². The van der Waals surface area contributed by atoms with Gasteiger partial charge in [-0.2, -0.15) is 0 Å². The van der Waals surface area contributed by atoms with Crippen molar-refractivity contribution in [1.29, 1.82) is 0 Å². The Morgan fingerprint density at radius 1 is 1.06 bits per heavy atom. The van der Waals surface area contributed by atoms with Gasteiger partial charge in [-0.05, 0) is 35.9 Å². The van der Waals surface area contributed by atoms with Crippen molar-refractivity contribution in [2.45, 2.75) is 13.1 Å². The third kappa shape index (κ3) is 4.40. The number of benzene rings is 3. The van der Waals surface area contributed by atoms with Crippen LogP contribution in [0.3, 0.4) is 0 Å². The maximum absolute atomic E-state index is 13.2. The summed E-state index contributed by atoms with van der Waals surface area (Å²) in [5.74, 6) is 0.589. The molecule has 7 nitrogen and oxygen atoms in total. The van der Waals surface area contributed by atoms with E-state index in [4.69, 9.17) is 4.74 Å². The van der Waals surface area contributed by atoms with E-state index in [0.717, 1.165) is 5.56 Å². The van der Waals surface area contributed by atoms with Crippen LogP contribution in [0.5, 0.6) is 11.5 Å². The Kier molecular flexibility index (Phi) is 5.66. The first-order valence-electron chi connectivity index (χ1n) is 9.74. The average molecular weight is 415 g/mol. The third-order valence-electron chi connectivity index (χ3n) is 4.90. The molecule has 156 valence electrons. The van der Waals surface area contributed by atoms with Crippen molar-refractivity contribution in [3.05, 3.63) is 88.7 Å². The van der Waals surface area contributed by atoms with Gasteiger partial charge in [-0.1, -0.05) is 42.5 Å². The van der Waals surface area contributed by atoms with Crippen LogP contribution in [-0.2, 0) is 17.9 Å². The van der Waals surface area contributed by atoms with Crippen LogP contribution in [0.2, 0.25) is 0 Å². The molecule has 0 radical (unpaired) electrons. The number of carbonyl (C=O) groups excluding carboxylic acids is 1. The largest absolute Gasteiger partial charge is 0.508 e. The van der Waals surface area contributed by atoms with Crippen LogP contribution in [-0.4, -0.2) is 27.7 Å². The number of carbonyl (C=O) groups is 1. The second-order valence-corrected chi connectivity index (χ2v) is 7.02. The number of phenolic OH excluding ortho intramolecular Hbond substituents is 1. The lowest BCUT2D eigenvalue weighted by atomic mass is 10.1. The summed E-state index contributed by atoms with van der Waals surface area (Å²) in [6.45, 7) is 0.140. The van der Waals surface area contributed by atoms with E-state index in [9.17, 15) is 14.7 Å². The lowest BCUT2D eigenvalue weighted by Crippen LogP contribution is -2.33. The van der Waals surface area contributed by atoms with Crippen molar-refractivity contribution in [1.82, 2.24) is 14.9 Å². The van der Waals surface area contributed by atoms with Crippen LogP contribution in [0.25, 0.3) is 22.3 Å². The maximum atomic E-state index is 13.2. The van der Waals surface area contributed by atoms with E-state index >= 15 is 0 Å². The maximum Gasteiger partial charge on any atom is 0.262 e. The lowest BCUT2D eigenvalue weighted by molar-refractivity contribution is -0.121. The molecule has 0 aliphatic rings. The highest BCUT2D eigenvalue weighted by Crippen LogP contribution is 2.24. The smallest absolute Gasteiger partial charge is 0.262 e. The van der Waals surface area contributed by atoms with Crippen LogP contribution in [0.4, 0.5) is 0 Å². The molecule has 0 saturated heterocycles. The molecule has 4 aromatic rings. The third-order valence-corrected chi connectivity index (χ3v) is 4.90. The molecule has 31 heavy (non-hydrogen) atoms. The lowest BCUT2D eigenvalue weighted by Gasteiger charge is -2.14. The van der Waals surface area contributed by atoms with Gasteiger partial charge in [0.15, 0.2) is 0 Å². The zero-order chi connectivity index (χ0) is 21.8. The summed E-state index contributed by atoms with van der Waals surface area (Å²) in [7, 11) is 1.56. The van der Waals surface area contributed by atoms with Gasteiger partial charge in [0.2, 0.25) is 5.91 Å². The van der Waals surface area contributed by atoms with Crippen molar-refractivity contribution in [3.8, 4) is 22.9 Å². The molecule has 3 aromatic carbocycles. The van der Waals surface area contributed by atoms with Gasteiger partial charge in [0.05, 0.1) is 18.0 Å². The minimum absolute atomic E-state index is 0.0411. The van der Waals surface area contributed by atoms with Gasteiger partial charge in [0.1, 0.15) is 23.9 Å². The number of hydrogen-bond acceptors (Lipinski definition) is 5. The number of aromatic nitrogens is 2. The van der Waals surface area contributed by atoms with Crippen LogP contribution in [0, 0.1) is 0 Å². The number of rotatable bonds is 6. The molecule has 1 heterocycles. The monoisotopic (exact) mass is 415 g/mol. The summed E-state index contributed by atoms with van der Waals surface area (Å²) in [5.41, 5.74) is 1.62. The van der Waals surface area contributed by atoms with Gasteiger partial charge in [-0.15, -0.1) is 0 Å². The first-order chi connectivity index (χ1) is 15.0. The molecular formula is C24H21N3O4. The van der Waals surface area contributed by atoms with E-state index in [0.29, 0.717) is 29.2 Å². The average Bonchev–Trinajstić information content (AvgIpc) is 2.80. The number of aromatic hydroxyl groups is 1. The Labute approximate surface area is 178 Å². The number of amides is 1. The highest BCUT2D eigenvalue weighted by molar-refractivity contribution is 5.83. The summed E-state index contributed by atoms with van der Waals surface area (Å²) < 4.78 is 6.61. The van der Waals surface area contributed by atoms with Gasteiger partial charge in [-0.25, -0.2) is 4.98 Å². The van der Waals surface area contributed by atoms with Crippen LogP contribution in [0.15, 0.2) is 77.6 Å². The predicted molar refractivity (Wildman–Crippen MR) is 118 cm³/mol. The standard InChI is InChI=1S/C24H21N3O4/c1-31-19-9-5-8-17(12-19)23-26-21-11-10-18(28)13-20(21)24(30)27(23)15-22(29)25-14-16-6-3-2-4-7-16/h2-13,28H,14-15H2,1H3,(H,25,29). The molecule has 0 fully saturated rings. The van der Waals surface area contributed by atoms with Crippen molar-refractivity contribution in [3.63, 3.8) is 0 Å². The summed E-state index contributed by atoms with van der Waals surface area (Å²) >= 11 is 0. The zero-order valence-electron chi connectivity index (χ0n) is 16.9. The van der Waals surface area contributed by atoms with Crippen LogP contribution >= 0.6 is 0 Å². The van der Waals surface area contributed by atoms with Gasteiger partial charge in [0, 0.05) is 12.1 Å². The van der Waals surface area contributed by atoms with Crippen molar-refractivity contribution >= 4 is 16.8 Å². The molecule has 4 rings (SSSR count).